The Morgan fingerprint density at radius 1 is 1.27 bits per heavy atom. The molecule has 8 nitrogen and oxygen atoms in total. The van der Waals surface area contributed by atoms with E-state index in [2.05, 4.69) is 14.8 Å². The van der Waals surface area contributed by atoms with Gasteiger partial charge in [-0.2, -0.15) is 0 Å². The molecule has 1 heterocycles. The number of nitrogens with one attached hydrogen (secondary N) is 1. The fraction of sp³-hybridized carbons (Fsp3) is 0.400. The molecule has 1 aromatic carbocycles. The van der Waals surface area contributed by atoms with Gasteiger partial charge in [-0.3, -0.25) is 14.5 Å². The number of ether oxygens (including phenoxy) is 2. The van der Waals surface area contributed by atoms with Crippen molar-refractivity contribution >= 4 is 23.6 Å². The van der Waals surface area contributed by atoms with E-state index in [1.807, 2.05) is 0 Å². The second kappa shape index (κ2) is 8.04. The van der Waals surface area contributed by atoms with Gasteiger partial charge in [-0.15, -0.1) is 13.2 Å². The summed E-state index contributed by atoms with van der Waals surface area (Å²) in [6.45, 7) is -0.0107. The van der Waals surface area contributed by atoms with E-state index >= 15 is 0 Å². The van der Waals surface area contributed by atoms with Gasteiger partial charge in [-0.1, -0.05) is 0 Å². The van der Waals surface area contributed by atoms with Crippen LogP contribution in [0.15, 0.2) is 24.3 Å². The Bertz CT molecular complexity index is 678. The summed E-state index contributed by atoms with van der Waals surface area (Å²) in [4.78, 5) is 37.5. The Hall–Kier alpha value is -2.82. The molecule has 1 aliphatic rings. The summed E-state index contributed by atoms with van der Waals surface area (Å²) in [5.74, 6) is -1.37. The number of amides is 3. The number of hydrogen-bond acceptors (Lipinski definition) is 6. The average molecular weight is 375 g/mol. The summed E-state index contributed by atoms with van der Waals surface area (Å²) in [5, 5.41) is 2.48. The zero-order valence-corrected chi connectivity index (χ0v) is 13.7. The van der Waals surface area contributed by atoms with Gasteiger partial charge in [0.15, 0.2) is 0 Å². The second-order valence-electron chi connectivity index (χ2n) is 5.45. The van der Waals surface area contributed by atoms with E-state index in [0.29, 0.717) is 0 Å². The minimum absolute atomic E-state index is 0.142. The lowest BCUT2D eigenvalue weighted by molar-refractivity contribution is -0.274. The molecule has 1 saturated heterocycles. The summed E-state index contributed by atoms with van der Waals surface area (Å²) < 4.78 is 44.6. The Kier molecular flexibility index (Phi) is 6.03. The molecule has 1 fully saturated rings. The first kappa shape index (κ1) is 19.5. The lowest BCUT2D eigenvalue weighted by Crippen LogP contribution is -2.41. The third-order valence-corrected chi connectivity index (χ3v) is 3.25. The third kappa shape index (κ3) is 5.92. The Balaban J connectivity index is 1.80. The molecular formula is C15H16F3N3O5. The van der Waals surface area contributed by atoms with Gasteiger partial charge in [0.25, 0.3) is 0 Å². The molecular weight excluding hydrogens is 359 g/mol. The average Bonchev–Trinajstić information content (AvgIpc) is 2.93. The van der Waals surface area contributed by atoms with E-state index in [1.54, 1.807) is 0 Å². The van der Waals surface area contributed by atoms with Crippen LogP contribution in [-0.2, 0) is 14.3 Å². The molecule has 0 spiro atoms. The number of hydrogen-bond donors (Lipinski definition) is 1. The number of carbonyl (C=O) groups excluding carboxylic acids is 3. The number of nitrogens with zero attached hydrogens (tertiary/aromatic N) is 2. The van der Waals surface area contributed by atoms with E-state index in [4.69, 9.17) is 0 Å². The van der Waals surface area contributed by atoms with Crippen LogP contribution in [0.25, 0.3) is 0 Å². The van der Waals surface area contributed by atoms with Crippen molar-refractivity contribution in [2.24, 2.45) is 0 Å². The molecule has 1 N–H and O–H groups in total. The third-order valence-electron chi connectivity index (χ3n) is 3.25. The maximum Gasteiger partial charge on any atom is 0.573 e. The van der Waals surface area contributed by atoms with Crippen molar-refractivity contribution in [3.63, 3.8) is 0 Å². The molecule has 0 aromatic heterocycles. The normalized spacial score (nSPS) is 14.3. The molecule has 0 saturated carbocycles. The van der Waals surface area contributed by atoms with Crippen LogP contribution in [0.1, 0.15) is 0 Å². The van der Waals surface area contributed by atoms with Crippen LogP contribution in [0.4, 0.5) is 23.7 Å². The van der Waals surface area contributed by atoms with Gasteiger partial charge in [-0.05, 0) is 31.3 Å². The van der Waals surface area contributed by atoms with E-state index in [1.165, 1.54) is 24.1 Å². The molecule has 0 radical (unpaired) electrons. The molecule has 1 aliphatic heterocycles. The zero-order chi connectivity index (χ0) is 19.3. The summed E-state index contributed by atoms with van der Waals surface area (Å²) in [5.41, 5.74) is 0.271. The minimum Gasteiger partial charge on any atom is -0.447 e. The number of benzene rings is 1. The van der Waals surface area contributed by atoms with Gasteiger partial charge in [-0.25, -0.2) is 9.69 Å². The number of halogens is 3. The highest BCUT2D eigenvalue weighted by molar-refractivity contribution is 5.95. The van der Waals surface area contributed by atoms with Crippen LogP contribution in [0, 0.1) is 0 Å². The Morgan fingerprint density at radius 2 is 1.92 bits per heavy atom. The van der Waals surface area contributed by atoms with Gasteiger partial charge >= 0.3 is 12.5 Å². The van der Waals surface area contributed by atoms with E-state index in [-0.39, 0.29) is 31.9 Å². The SMILES string of the molecule is CN(CC(=O)Nc1ccc(OC(F)(F)F)cc1)CC(=O)N1CCOC1=O. The van der Waals surface area contributed by atoms with Crippen molar-refractivity contribution in [1.82, 2.24) is 9.80 Å². The molecule has 0 aliphatic carbocycles. The first-order chi connectivity index (χ1) is 12.1. The first-order valence-corrected chi connectivity index (χ1v) is 7.45. The van der Waals surface area contributed by atoms with Gasteiger partial charge < -0.3 is 14.8 Å². The number of anilines is 1. The molecule has 0 unspecified atom stereocenters. The van der Waals surface area contributed by atoms with Crippen molar-refractivity contribution in [3.8, 4) is 5.75 Å². The molecule has 26 heavy (non-hydrogen) atoms. The molecule has 1 aromatic rings. The van der Waals surface area contributed by atoms with Crippen LogP contribution in [0.3, 0.4) is 0 Å². The van der Waals surface area contributed by atoms with Crippen LogP contribution in [-0.4, -0.2) is 67.4 Å². The van der Waals surface area contributed by atoms with Crippen molar-refractivity contribution in [1.29, 1.82) is 0 Å². The number of cyclic esters (lactones) is 1. The van der Waals surface area contributed by atoms with Crippen molar-refractivity contribution in [2.75, 3.05) is 38.6 Å². The molecule has 142 valence electrons. The summed E-state index contributed by atoms with van der Waals surface area (Å²) in [7, 11) is 1.51. The fourth-order valence-corrected chi connectivity index (χ4v) is 2.18. The van der Waals surface area contributed by atoms with Crippen LogP contribution >= 0.6 is 0 Å². The summed E-state index contributed by atoms with van der Waals surface area (Å²) in [6.07, 6.45) is -5.50. The lowest BCUT2D eigenvalue weighted by Gasteiger charge is -2.18. The number of carbonyl (C=O) groups is 3. The molecule has 0 atom stereocenters. The van der Waals surface area contributed by atoms with E-state index in [0.717, 1.165) is 17.0 Å². The highest BCUT2D eigenvalue weighted by atomic mass is 19.4. The largest absolute Gasteiger partial charge is 0.573 e. The zero-order valence-electron chi connectivity index (χ0n) is 13.7. The topological polar surface area (TPSA) is 88.2 Å². The minimum atomic E-state index is -4.79. The highest BCUT2D eigenvalue weighted by Gasteiger charge is 2.31. The standard InChI is InChI=1S/C15H16F3N3O5/c1-20(9-13(23)21-6-7-25-14(21)24)8-12(22)19-10-2-4-11(5-3-10)26-15(16,17)18/h2-5H,6-9H2,1H3,(H,19,22). The van der Waals surface area contributed by atoms with Crippen molar-refractivity contribution in [3.05, 3.63) is 24.3 Å². The Morgan fingerprint density at radius 3 is 2.46 bits per heavy atom. The highest BCUT2D eigenvalue weighted by Crippen LogP contribution is 2.23. The van der Waals surface area contributed by atoms with Crippen LogP contribution in [0.2, 0.25) is 0 Å². The summed E-state index contributed by atoms with van der Waals surface area (Å²) >= 11 is 0. The number of alkyl halides is 3. The quantitative estimate of drug-likeness (QED) is 0.810. The van der Waals surface area contributed by atoms with Crippen LogP contribution < -0.4 is 10.1 Å². The molecule has 0 bridgehead atoms. The van der Waals surface area contributed by atoms with Crippen LogP contribution in [0.5, 0.6) is 5.75 Å². The predicted octanol–water partition coefficient (Wildman–Crippen LogP) is 1.43. The number of rotatable bonds is 6. The molecule has 2 rings (SSSR count). The molecule has 11 heteroatoms. The van der Waals surface area contributed by atoms with Gasteiger partial charge in [0, 0.05) is 5.69 Å². The smallest absolute Gasteiger partial charge is 0.447 e. The lowest BCUT2D eigenvalue weighted by atomic mass is 10.3. The number of likely N-dealkylation sites (N-methyl/N-ethyl adjacent to an activating group) is 1. The second-order valence-corrected chi connectivity index (χ2v) is 5.45. The Labute approximate surface area is 146 Å². The van der Waals surface area contributed by atoms with E-state index < -0.39 is 30.0 Å². The van der Waals surface area contributed by atoms with Gasteiger partial charge in [0.05, 0.1) is 19.6 Å². The van der Waals surface area contributed by atoms with Crippen molar-refractivity contribution < 1.29 is 37.0 Å². The van der Waals surface area contributed by atoms with Gasteiger partial charge in [0.2, 0.25) is 11.8 Å². The van der Waals surface area contributed by atoms with E-state index in [9.17, 15) is 27.6 Å². The van der Waals surface area contributed by atoms with Crippen molar-refractivity contribution in [2.45, 2.75) is 6.36 Å². The monoisotopic (exact) mass is 375 g/mol. The predicted molar refractivity (Wildman–Crippen MR) is 82.3 cm³/mol. The maximum absolute atomic E-state index is 12.1. The first-order valence-electron chi connectivity index (χ1n) is 7.45. The fourth-order valence-electron chi connectivity index (χ4n) is 2.18. The summed E-state index contributed by atoms with van der Waals surface area (Å²) in [6, 6.07) is 4.64. The molecule has 3 amide bonds. The number of imide groups is 1. The maximum atomic E-state index is 12.1. The van der Waals surface area contributed by atoms with Gasteiger partial charge in [0.1, 0.15) is 12.4 Å².